The van der Waals surface area contributed by atoms with E-state index in [4.69, 9.17) is 4.74 Å². The van der Waals surface area contributed by atoms with Gasteiger partial charge in [-0.2, -0.15) is 0 Å². The highest BCUT2D eigenvalue weighted by Crippen LogP contribution is 2.22. The summed E-state index contributed by atoms with van der Waals surface area (Å²) in [6.45, 7) is 8.79. The maximum atomic E-state index is 12.0. The minimum Gasteiger partial charge on any atom is -0.377 e. The first kappa shape index (κ1) is 15.0. The molecule has 3 nitrogen and oxygen atoms in total. The largest absolute Gasteiger partial charge is 0.377 e. The molecule has 1 saturated heterocycles. The van der Waals surface area contributed by atoms with Gasteiger partial charge in [-0.05, 0) is 18.3 Å². The lowest BCUT2D eigenvalue weighted by molar-refractivity contribution is -0.135. The smallest absolute Gasteiger partial charge is 0.223 e. The highest BCUT2D eigenvalue weighted by Gasteiger charge is 2.25. The molecule has 4 heteroatoms. The minimum atomic E-state index is 0.0837. The van der Waals surface area contributed by atoms with Crippen molar-refractivity contribution in [1.82, 2.24) is 4.90 Å². The third-order valence-corrected chi connectivity index (χ3v) is 3.23. The Hall–Kier alpha value is -0.0900. The summed E-state index contributed by atoms with van der Waals surface area (Å²) in [6, 6.07) is 0. The van der Waals surface area contributed by atoms with E-state index in [0.29, 0.717) is 12.5 Å². The summed E-state index contributed by atoms with van der Waals surface area (Å²) in [6.07, 6.45) is 2.93. The van der Waals surface area contributed by atoms with Crippen molar-refractivity contribution >= 4 is 21.8 Å². The lowest BCUT2D eigenvalue weighted by atomic mass is 9.91. The zero-order chi connectivity index (χ0) is 12.9. The predicted molar refractivity (Wildman–Crippen MR) is 73.4 cm³/mol. The molecule has 0 saturated carbocycles. The molecule has 0 aromatic rings. The highest BCUT2D eigenvalue weighted by atomic mass is 79.9. The van der Waals surface area contributed by atoms with Crippen LogP contribution in [-0.4, -0.2) is 41.9 Å². The second kappa shape index (κ2) is 6.74. The van der Waals surface area contributed by atoms with Crippen molar-refractivity contribution in [3.05, 3.63) is 0 Å². The van der Waals surface area contributed by atoms with Crippen LogP contribution in [-0.2, 0) is 9.53 Å². The summed E-state index contributed by atoms with van der Waals surface area (Å²) >= 11 is 3.35. The van der Waals surface area contributed by atoms with E-state index in [-0.39, 0.29) is 11.3 Å². The topological polar surface area (TPSA) is 29.5 Å². The molecule has 0 spiro atoms. The van der Waals surface area contributed by atoms with E-state index in [1.165, 1.54) is 0 Å². The van der Waals surface area contributed by atoms with Crippen molar-refractivity contribution < 1.29 is 9.53 Å². The van der Waals surface area contributed by atoms with Gasteiger partial charge in [0, 0.05) is 24.8 Å². The van der Waals surface area contributed by atoms with Crippen LogP contribution in [0.2, 0.25) is 0 Å². The summed E-state index contributed by atoms with van der Waals surface area (Å²) in [4.78, 5) is 14.0. The normalized spacial score (nSPS) is 18.5. The van der Waals surface area contributed by atoms with Crippen LogP contribution in [0, 0.1) is 5.41 Å². The van der Waals surface area contributed by atoms with Gasteiger partial charge in [-0.1, -0.05) is 36.7 Å². The van der Waals surface area contributed by atoms with Crippen LogP contribution in [0.5, 0.6) is 0 Å². The van der Waals surface area contributed by atoms with Crippen molar-refractivity contribution in [3.63, 3.8) is 0 Å². The first-order valence-corrected chi connectivity index (χ1v) is 7.50. The molecule has 0 aromatic heterocycles. The zero-order valence-electron chi connectivity index (χ0n) is 11.2. The van der Waals surface area contributed by atoms with Crippen molar-refractivity contribution in [2.75, 3.05) is 25.0 Å². The third-order valence-electron chi connectivity index (χ3n) is 2.91. The molecular formula is C13H24BrNO2. The summed E-state index contributed by atoms with van der Waals surface area (Å²) in [5, 5.41) is 0.885. The summed E-state index contributed by atoms with van der Waals surface area (Å²) < 4.78 is 5.68. The number of carbonyl (C=O) groups excluding carboxylic acids is 1. The van der Waals surface area contributed by atoms with Crippen LogP contribution in [0.3, 0.4) is 0 Å². The molecule has 0 N–H and O–H groups in total. The van der Waals surface area contributed by atoms with Gasteiger partial charge >= 0.3 is 0 Å². The molecule has 1 aliphatic heterocycles. The van der Waals surface area contributed by atoms with Gasteiger partial charge in [-0.15, -0.1) is 0 Å². The Morgan fingerprint density at radius 1 is 1.35 bits per heavy atom. The van der Waals surface area contributed by atoms with Crippen LogP contribution < -0.4 is 0 Å². The molecule has 0 radical (unpaired) electrons. The molecule has 0 bridgehead atoms. The molecule has 1 heterocycles. The SMILES string of the molecule is CC(C)(C)CC(=O)N1CCC(OCCBr)CC1. The number of carbonyl (C=O) groups is 1. The van der Waals surface area contributed by atoms with E-state index >= 15 is 0 Å². The van der Waals surface area contributed by atoms with Crippen molar-refractivity contribution in [3.8, 4) is 0 Å². The zero-order valence-corrected chi connectivity index (χ0v) is 12.8. The number of amides is 1. The lowest BCUT2D eigenvalue weighted by Crippen LogP contribution is -2.42. The summed E-state index contributed by atoms with van der Waals surface area (Å²) in [7, 11) is 0. The van der Waals surface area contributed by atoms with E-state index in [2.05, 4.69) is 36.7 Å². The first-order chi connectivity index (χ1) is 7.92. The molecule has 1 amide bonds. The third kappa shape index (κ3) is 5.87. The van der Waals surface area contributed by atoms with E-state index in [1.807, 2.05) is 4.90 Å². The first-order valence-electron chi connectivity index (χ1n) is 6.38. The number of hydrogen-bond donors (Lipinski definition) is 0. The molecule has 0 aliphatic carbocycles. The fourth-order valence-electron chi connectivity index (χ4n) is 2.05. The van der Waals surface area contributed by atoms with Gasteiger partial charge in [0.05, 0.1) is 12.7 Å². The number of rotatable bonds is 4. The molecule has 17 heavy (non-hydrogen) atoms. The van der Waals surface area contributed by atoms with Crippen LogP contribution in [0.25, 0.3) is 0 Å². The highest BCUT2D eigenvalue weighted by molar-refractivity contribution is 9.09. The number of alkyl halides is 1. The van der Waals surface area contributed by atoms with Crippen molar-refractivity contribution in [2.45, 2.75) is 46.1 Å². The van der Waals surface area contributed by atoms with E-state index in [1.54, 1.807) is 0 Å². The number of nitrogens with zero attached hydrogens (tertiary/aromatic N) is 1. The number of piperidine rings is 1. The Labute approximate surface area is 113 Å². The standard InChI is InChI=1S/C13H24BrNO2/c1-13(2,3)10-12(16)15-7-4-11(5-8-15)17-9-6-14/h11H,4-10H2,1-3H3. The quantitative estimate of drug-likeness (QED) is 0.748. The Morgan fingerprint density at radius 2 is 1.94 bits per heavy atom. The van der Waals surface area contributed by atoms with Crippen molar-refractivity contribution in [1.29, 1.82) is 0 Å². The molecule has 0 aromatic carbocycles. The van der Waals surface area contributed by atoms with E-state index < -0.39 is 0 Å². The van der Waals surface area contributed by atoms with E-state index in [9.17, 15) is 4.79 Å². The summed E-state index contributed by atoms with van der Waals surface area (Å²) in [5.74, 6) is 0.288. The van der Waals surface area contributed by atoms with Crippen LogP contribution in [0.4, 0.5) is 0 Å². The van der Waals surface area contributed by atoms with Gasteiger partial charge in [0.1, 0.15) is 0 Å². The molecule has 1 aliphatic rings. The molecule has 1 fully saturated rings. The Kier molecular flexibility index (Phi) is 5.93. The van der Waals surface area contributed by atoms with Crippen LogP contribution >= 0.6 is 15.9 Å². The number of hydrogen-bond acceptors (Lipinski definition) is 2. The lowest BCUT2D eigenvalue weighted by Gasteiger charge is -2.33. The number of ether oxygens (including phenoxy) is 1. The van der Waals surface area contributed by atoms with Gasteiger partial charge < -0.3 is 9.64 Å². The number of halogens is 1. The second-order valence-corrected chi connectivity index (χ2v) is 6.67. The molecule has 0 unspecified atom stereocenters. The van der Waals surface area contributed by atoms with E-state index in [0.717, 1.165) is 37.9 Å². The summed E-state index contributed by atoms with van der Waals surface area (Å²) in [5.41, 5.74) is 0.0837. The van der Waals surface area contributed by atoms with Gasteiger partial charge in [0.2, 0.25) is 5.91 Å². The van der Waals surface area contributed by atoms with Gasteiger partial charge in [-0.3, -0.25) is 4.79 Å². The molecule has 0 atom stereocenters. The Balaban J connectivity index is 2.29. The van der Waals surface area contributed by atoms with Crippen LogP contribution in [0.15, 0.2) is 0 Å². The Bertz CT molecular complexity index is 242. The molecular weight excluding hydrogens is 282 g/mol. The molecule has 1 rings (SSSR count). The second-order valence-electron chi connectivity index (χ2n) is 5.88. The Morgan fingerprint density at radius 3 is 2.41 bits per heavy atom. The van der Waals surface area contributed by atoms with Crippen molar-refractivity contribution in [2.24, 2.45) is 5.41 Å². The van der Waals surface area contributed by atoms with Gasteiger partial charge in [-0.25, -0.2) is 0 Å². The molecule has 100 valence electrons. The predicted octanol–water partition coefficient (Wildman–Crippen LogP) is 2.83. The fraction of sp³-hybridized carbons (Fsp3) is 0.923. The monoisotopic (exact) mass is 305 g/mol. The maximum Gasteiger partial charge on any atom is 0.223 e. The fourth-order valence-corrected chi connectivity index (χ4v) is 2.24. The van der Waals surface area contributed by atoms with Gasteiger partial charge in [0.15, 0.2) is 0 Å². The van der Waals surface area contributed by atoms with Crippen LogP contribution in [0.1, 0.15) is 40.0 Å². The minimum absolute atomic E-state index is 0.0837. The average Bonchev–Trinajstić information content (AvgIpc) is 2.24. The maximum absolute atomic E-state index is 12.0. The van der Waals surface area contributed by atoms with Gasteiger partial charge in [0.25, 0.3) is 0 Å². The average molecular weight is 306 g/mol. The number of likely N-dealkylation sites (tertiary alicyclic amines) is 1.